The molecule has 14 nitrogen and oxygen atoms in total. The molecule has 6 N–H and O–H groups in total. The molecule has 2 aromatic rings. The van der Waals surface area contributed by atoms with Gasteiger partial charge in [0, 0.05) is 51.8 Å². The van der Waals surface area contributed by atoms with Crippen LogP contribution in [0.15, 0.2) is 30.3 Å². The number of nitrogens with two attached hydrogens (primary N) is 1. The molecule has 2 amide bonds. The number of aromatic nitrogens is 2. The van der Waals surface area contributed by atoms with Gasteiger partial charge in [-0.2, -0.15) is 18.4 Å². The molecule has 1 aromatic carbocycles. The number of halogens is 3. The van der Waals surface area contributed by atoms with E-state index in [-0.39, 0.29) is 29.4 Å². The average Bonchev–Trinajstić information content (AvgIpc) is 3.63. The average molecular weight is 731 g/mol. The maximum Gasteiger partial charge on any atom is 0.451 e. The van der Waals surface area contributed by atoms with Crippen LogP contribution in [0.2, 0.25) is 0 Å². The number of piperidine rings is 1. The molecule has 0 saturated carbocycles. The second-order valence-corrected chi connectivity index (χ2v) is 12.8. The van der Waals surface area contributed by atoms with Gasteiger partial charge in [0.15, 0.2) is 5.96 Å². The minimum Gasteiger partial charge on any atom is -0.377 e. The van der Waals surface area contributed by atoms with Gasteiger partial charge in [-0.25, -0.2) is 9.97 Å². The third-order valence-electron chi connectivity index (χ3n) is 9.06. The molecule has 1 aromatic heterocycles. The number of rotatable bonds is 19. The number of nitrogens with one attached hydrogen (secondary N) is 4. The summed E-state index contributed by atoms with van der Waals surface area (Å²) in [6.45, 7) is 4.22. The zero-order valence-electron chi connectivity index (χ0n) is 29.3. The molecule has 0 unspecified atom stereocenters. The van der Waals surface area contributed by atoms with Crippen LogP contribution in [0.25, 0.3) is 0 Å². The third kappa shape index (κ3) is 13.1. The van der Waals surface area contributed by atoms with Gasteiger partial charge in [0.25, 0.3) is 0 Å². The number of nitriles is 1. The Balaban J connectivity index is 1.19. The normalized spacial score (nSPS) is 16.4. The summed E-state index contributed by atoms with van der Waals surface area (Å²) in [7, 11) is 0. The van der Waals surface area contributed by atoms with Crippen LogP contribution < -0.4 is 31.5 Å². The van der Waals surface area contributed by atoms with Crippen molar-refractivity contribution >= 4 is 29.4 Å². The molecule has 2 fully saturated rings. The van der Waals surface area contributed by atoms with Crippen molar-refractivity contribution in [1.29, 1.82) is 10.7 Å². The molecule has 4 rings (SSSR count). The van der Waals surface area contributed by atoms with Crippen molar-refractivity contribution in [2.45, 2.75) is 63.6 Å². The van der Waals surface area contributed by atoms with Crippen LogP contribution in [0, 0.1) is 22.7 Å². The lowest BCUT2D eigenvalue weighted by atomic mass is 9.91. The van der Waals surface area contributed by atoms with E-state index in [9.17, 15) is 22.8 Å². The fraction of sp³-hybridized carbons (Fsp3) is 0.600. The van der Waals surface area contributed by atoms with Gasteiger partial charge in [0.1, 0.15) is 17.7 Å². The molecule has 2 aliphatic heterocycles. The van der Waals surface area contributed by atoms with Crippen LogP contribution in [0.5, 0.6) is 0 Å². The summed E-state index contributed by atoms with van der Waals surface area (Å²) in [4.78, 5) is 36.7. The highest BCUT2D eigenvalue weighted by Crippen LogP contribution is 2.34. The number of guanidine groups is 1. The number of benzene rings is 1. The number of anilines is 2. The topological polar surface area (TPSA) is 195 Å². The lowest BCUT2D eigenvalue weighted by molar-refractivity contribution is -0.144. The van der Waals surface area contributed by atoms with Crippen LogP contribution in [-0.4, -0.2) is 99.5 Å². The van der Waals surface area contributed by atoms with E-state index in [0.717, 1.165) is 24.8 Å². The summed E-state index contributed by atoms with van der Waals surface area (Å²) in [6.07, 6.45) is 0.403. The van der Waals surface area contributed by atoms with Crippen LogP contribution in [0.1, 0.15) is 61.9 Å². The zero-order chi connectivity index (χ0) is 37.3. The Morgan fingerprint density at radius 1 is 0.942 bits per heavy atom. The van der Waals surface area contributed by atoms with Gasteiger partial charge < -0.3 is 41.0 Å². The summed E-state index contributed by atoms with van der Waals surface area (Å²) >= 11 is 0. The van der Waals surface area contributed by atoms with Gasteiger partial charge >= 0.3 is 6.18 Å². The summed E-state index contributed by atoms with van der Waals surface area (Å²) in [5.74, 6) is -1.02. The van der Waals surface area contributed by atoms with Crippen molar-refractivity contribution in [2.75, 3.05) is 75.5 Å². The summed E-state index contributed by atoms with van der Waals surface area (Å²) in [5.41, 5.74) is 6.69. The standard InChI is InChI=1S/C35H49F3N10O4/c36-35(37,38)33-45-29(23-30(46-33)48-16-2-4-28(48)32(50)43-13-10-26-6-8-27(24-39)9-7-26)47-17-11-25(12-18-47)3-1-5-31(49)42-14-19-51-21-22-52-20-15-44-34(40)41/h6-9,23,25,28H,1-5,10-22H2,(H,42,49)(H,43,50)(H4,40,41,44)/t28-/m0/s1. The van der Waals surface area contributed by atoms with Crippen molar-refractivity contribution in [3.63, 3.8) is 0 Å². The monoisotopic (exact) mass is 730 g/mol. The Kier molecular flexibility index (Phi) is 15.7. The molecule has 2 aliphatic rings. The summed E-state index contributed by atoms with van der Waals surface area (Å²) < 4.78 is 52.7. The SMILES string of the molecule is N#Cc1ccc(CCNC(=O)[C@@H]2CCCN2c2cc(N3CCC(CCCC(=O)NCCOCCOCCNC(=N)N)CC3)nc(C(F)(F)F)n2)cc1. The van der Waals surface area contributed by atoms with Gasteiger partial charge in [-0.05, 0) is 68.6 Å². The summed E-state index contributed by atoms with van der Waals surface area (Å²) in [5, 5.41) is 24.4. The van der Waals surface area contributed by atoms with Crippen LogP contribution in [0.3, 0.4) is 0 Å². The van der Waals surface area contributed by atoms with E-state index >= 15 is 0 Å². The van der Waals surface area contributed by atoms with Crippen molar-refractivity contribution in [3.8, 4) is 6.07 Å². The Labute approximate surface area is 302 Å². The fourth-order valence-electron chi connectivity index (χ4n) is 6.30. The highest BCUT2D eigenvalue weighted by atomic mass is 19.4. The van der Waals surface area contributed by atoms with Crippen LogP contribution in [-0.2, 0) is 31.7 Å². The predicted octanol–water partition coefficient (Wildman–Crippen LogP) is 2.71. The molecule has 1 atom stereocenters. The molecular formula is C35H49F3N10O4. The highest BCUT2D eigenvalue weighted by molar-refractivity contribution is 5.85. The van der Waals surface area contributed by atoms with Gasteiger partial charge in [-0.3, -0.25) is 15.0 Å². The Morgan fingerprint density at radius 3 is 2.27 bits per heavy atom. The number of ether oxygens (including phenoxy) is 2. The lowest BCUT2D eigenvalue weighted by Crippen LogP contribution is -2.44. The minimum absolute atomic E-state index is 0.0546. The Morgan fingerprint density at radius 2 is 1.62 bits per heavy atom. The van der Waals surface area contributed by atoms with Crippen molar-refractivity contribution in [2.24, 2.45) is 11.7 Å². The predicted molar refractivity (Wildman–Crippen MR) is 189 cm³/mol. The second kappa shape index (κ2) is 20.4. The second-order valence-electron chi connectivity index (χ2n) is 12.8. The molecule has 0 radical (unpaired) electrons. The maximum absolute atomic E-state index is 14.0. The van der Waals surface area contributed by atoms with Crippen molar-refractivity contribution < 1.29 is 32.2 Å². The fourth-order valence-corrected chi connectivity index (χ4v) is 6.30. The molecular weight excluding hydrogens is 681 g/mol. The van der Waals surface area contributed by atoms with E-state index < -0.39 is 18.0 Å². The van der Waals surface area contributed by atoms with Gasteiger partial charge in [-0.1, -0.05) is 12.1 Å². The minimum atomic E-state index is -4.75. The number of hydrogen-bond donors (Lipinski definition) is 5. The number of hydrogen-bond acceptors (Lipinski definition) is 10. The number of amides is 2. The first-order chi connectivity index (χ1) is 25.0. The van der Waals surface area contributed by atoms with E-state index in [1.807, 2.05) is 17.0 Å². The molecule has 52 heavy (non-hydrogen) atoms. The quantitative estimate of drug-likeness (QED) is 0.0811. The van der Waals surface area contributed by atoms with Crippen molar-refractivity contribution in [3.05, 3.63) is 47.3 Å². The van der Waals surface area contributed by atoms with E-state index in [0.29, 0.717) is 109 Å². The number of carbonyl (C=O) groups is 2. The van der Waals surface area contributed by atoms with Crippen LogP contribution >= 0.6 is 0 Å². The summed E-state index contributed by atoms with van der Waals surface area (Å²) in [6, 6.07) is 10.1. The number of carbonyl (C=O) groups excluding carboxylic acids is 2. The Bertz CT molecular complexity index is 1500. The molecule has 3 heterocycles. The molecule has 17 heteroatoms. The van der Waals surface area contributed by atoms with Gasteiger partial charge in [0.05, 0.1) is 38.1 Å². The Hall–Kier alpha value is -4.69. The first-order valence-corrected chi connectivity index (χ1v) is 17.8. The van der Waals surface area contributed by atoms with Crippen LogP contribution in [0.4, 0.5) is 24.8 Å². The largest absolute Gasteiger partial charge is 0.451 e. The van der Waals surface area contributed by atoms with Gasteiger partial charge in [0.2, 0.25) is 17.6 Å². The third-order valence-corrected chi connectivity index (χ3v) is 9.06. The molecule has 0 spiro atoms. The molecule has 2 saturated heterocycles. The van der Waals surface area contributed by atoms with E-state index in [2.05, 4.69) is 32.0 Å². The first kappa shape index (κ1) is 40.1. The maximum atomic E-state index is 14.0. The molecule has 0 bridgehead atoms. The van der Waals surface area contributed by atoms with E-state index in [1.54, 1.807) is 23.1 Å². The molecule has 284 valence electrons. The van der Waals surface area contributed by atoms with E-state index in [1.165, 1.54) is 0 Å². The lowest BCUT2D eigenvalue weighted by Gasteiger charge is -2.34. The van der Waals surface area contributed by atoms with Gasteiger partial charge in [-0.15, -0.1) is 0 Å². The smallest absolute Gasteiger partial charge is 0.377 e. The zero-order valence-corrected chi connectivity index (χ0v) is 29.3. The van der Waals surface area contributed by atoms with E-state index in [4.69, 9.17) is 25.9 Å². The van der Waals surface area contributed by atoms with Crippen molar-refractivity contribution in [1.82, 2.24) is 25.9 Å². The number of nitrogens with zero attached hydrogens (tertiary/aromatic N) is 5. The number of alkyl halides is 3. The highest BCUT2D eigenvalue weighted by Gasteiger charge is 2.39. The molecule has 0 aliphatic carbocycles. The first-order valence-electron chi connectivity index (χ1n) is 17.8.